The number of likely N-dealkylation sites (N-methyl/N-ethyl adjacent to an activating group) is 1. The molecular weight excluding hydrogens is 302 g/mol. The molecule has 23 heavy (non-hydrogen) atoms. The molecule has 0 aliphatic carbocycles. The topological polar surface area (TPSA) is 19.4 Å². The first-order valence-corrected chi connectivity index (χ1v) is 9.57. The van der Waals surface area contributed by atoms with E-state index in [2.05, 4.69) is 58.4 Å². The summed E-state index contributed by atoms with van der Waals surface area (Å²) in [7, 11) is 2.30. The standard InChI is InChI=1S/C19H25N3S/c1-21-11-5-9-17(21)18-10-6-12-22(18)14-16-13-20-19(23-16)15-7-3-2-4-8-15/h2-4,7-8,13,17-18H,5-6,9-12,14H2,1H3. The Balaban J connectivity index is 1.46. The number of benzene rings is 1. The summed E-state index contributed by atoms with van der Waals surface area (Å²) < 4.78 is 0. The Morgan fingerprint density at radius 2 is 1.87 bits per heavy atom. The van der Waals surface area contributed by atoms with E-state index in [1.165, 1.54) is 49.2 Å². The van der Waals surface area contributed by atoms with Gasteiger partial charge in [0.25, 0.3) is 0 Å². The second-order valence-corrected chi connectivity index (χ2v) is 7.98. The highest BCUT2D eigenvalue weighted by Crippen LogP contribution is 2.32. The van der Waals surface area contributed by atoms with Crippen molar-refractivity contribution < 1.29 is 0 Å². The Kier molecular flexibility index (Phi) is 4.47. The summed E-state index contributed by atoms with van der Waals surface area (Å²) in [5.74, 6) is 0. The van der Waals surface area contributed by atoms with Crippen molar-refractivity contribution in [1.29, 1.82) is 0 Å². The molecule has 4 rings (SSSR count). The van der Waals surface area contributed by atoms with E-state index in [-0.39, 0.29) is 0 Å². The maximum absolute atomic E-state index is 4.65. The third-order valence-corrected chi connectivity index (χ3v) is 6.40. The highest BCUT2D eigenvalue weighted by atomic mass is 32.1. The molecule has 3 nitrogen and oxygen atoms in total. The van der Waals surface area contributed by atoms with E-state index in [1.807, 2.05) is 11.3 Å². The van der Waals surface area contributed by atoms with Gasteiger partial charge in [-0.3, -0.25) is 4.90 Å². The first-order valence-electron chi connectivity index (χ1n) is 8.76. The second kappa shape index (κ2) is 6.71. The lowest BCUT2D eigenvalue weighted by atomic mass is 10.0. The normalized spacial score (nSPS) is 26.1. The Bertz CT molecular complexity index is 639. The minimum absolute atomic E-state index is 0.741. The van der Waals surface area contributed by atoms with Crippen LogP contribution in [0.25, 0.3) is 10.6 Å². The van der Waals surface area contributed by atoms with Crippen molar-refractivity contribution in [2.45, 2.75) is 44.3 Å². The highest BCUT2D eigenvalue weighted by molar-refractivity contribution is 7.15. The van der Waals surface area contributed by atoms with Crippen LogP contribution in [-0.2, 0) is 6.54 Å². The largest absolute Gasteiger partial charge is 0.302 e. The second-order valence-electron chi connectivity index (χ2n) is 6.87. The molecule has 2 atom stereocenters. The van der Waals surface area contributed by atoms with Gasteiger partial charge in [0.15, 0.2) is 0 Å². The zero-order chi connectivity index (χ0) is 15.6. The smallest absolute Gasteiger partial charge is 0.123 e. The van der Waals surface area contributed by atoms with Crippen molar-refractivity contribution in [2.24, 2.45) is 0 Å². The monoisotopic (exact) mass is 327 g/mol. The zero-order valence-electron chi connectivity index (χ0n) is 13.8. The number of rotatable bonds is 4. The maximum atomic E-state index is 4.65. The van der Waals surface area contributed by atoms with Crippen LogP contribution in [0.15, 0.2) is 36.5 Å². The molecule has 3 heterocycles. The highest BCUT2D eigenvalue weighted by Gasteiger charge is 2.36. The quantitative estimate of drug-likeness (QED) is 0.850. The van der Waals surface area contributed by atoms with Crippen molar-refractivity contribution >= 4 is 11.3 Å². The summed E-state index contributed by atoms with van der Waals surface area (Å²) in [5, 5.41) is 1.15. The van der Waals surface area contributed by atoms with E-state index in [0.29, 0.717) is 0 Å². The van der Waals surface area contributed by atoms with Crippen molar-refractivity contribution in [3.63, 3.8) is 0 Å². The molecule has 4 heteroatoms. The van der Waals surface area contributed by atoms with Crippen molar-refractivity contribution in [3.8, 4) is 10.6 Å². The fourth-order valence-electron chi connectivity index (χ4n) is 4.20. The molecule has 0 amide bonds. The van der Waals surface area contributed by atoms with E-state index in [4.69, 9.17) is 0 Å². The molecule has 1 aromatic heterocycles. The molecule has 2 aliphatic rings. The molecular formula is C19H25N3S. The fraction of sp³-hybridized carbons (Fsp3) is 0.526. The average molecular weight is 327 g/mol. The van der Waals surface area contributed by atoms with Crippen LogP contribution in [0.4, 0.5) is 0 Å². The van der Waals surface area contributed by atoms with Crippen LogP contribution >= 0.6 is 11.3 Å². The molecule has 0 N–H and O–H groups in total. The van der Waals surface area contributed by atoms with Crippen LogP contribution in [0.5, 0.6) is 0 Å². The minimum atomic E-state index is 0.741. The van der Waals surface area contributed by atoms with Crippen LogP contribution in [-0.4, -0.2) is 47.0 Å². The van der Waals surface area contributed by atoms with Crippen LogP contribution in [0, 0.1) is 0 Å². The molecule has 0 saturated carbocycles. The lowest BCUT2D eigenvalue weighted by Crippen LogP contribution is -2.44. The molecule has 122 valence electrons. The SMILES string of the molecule is CN1CCCC1C1CCCN1Cc1cnc(-c2ccccc2)s1. The van der Waals surface area contributed by atoms with Gasteiger partial charge in [0, 0.05) is 35.3 Å². The van der Waals surface area contributed by atoms with Crippen molar-refractivity contribution in [1.82, 2.24) is 14.8 Å². The van der Waals surface area contributed by atoms with E-state index < -0.39 is 0 Å². The maximum Gasteiger partial charge on any atom is 0.123 e. The van der Waals surface area contributed by atoms with Crippen molar-refractivity contribution in [2.75, 3.05) is 20.1 Å². The van der Waals surface area contributed by atoms with E-state index in [1.54, 1.807) is 0 Å². The summed E-state index contributed by atoms with van der Waals surface area (Å²) in [6.45, 7) is 3.58. The van der Waals surface area contributed by atoms with Crippen molar-refractivity contribution in [3.05, 3.63) is 41.4 Å². The Hall–Kier alpha value is -1.23. The number of likely N-dealkylation sites (tertiary alicyclic amines) is 2. The number of hydrogen-bond donors (Lipinski definition) is 0. The van der Waals surface area contributed by atoms with E-state index >= 15 is 0 Å². The van der Waals surface area contributed by atoms with Gasteiger partial charge in [0.2, 0.25) is 0 Å². The molecule has 2 unspecified atom stereocenters. The van der Waals surface area contributed by atoms with Crippen LogP contribution < -0.4 is 0 Å². The first-order chi connectivity index (χ1) is 11.3. The molecule has 1 aromatic carbocycles. The summed E-state index contributed by atoms with van der Waals surface area (Å²) in [4.78, 5) is 11.3. The van der Waals surface area contributed by atoms with Crippen LogP contribution in [0.3, 0.4) is 0 Å². The fourth-order valence-corrected chi connectivity index (χ4v) is 5.14. The minimum Gasteiger partial charge on any atom is -0.302 e. The third-order valence-electron chi connectivity index (χ3n) is 5.37. The summed E-state index contributed by atoms with van der Waals surface area (Å²) in [5.41, 5.74) is 1.23. The number of hydrogen-bond acceptors (Lipinski definition) is 4. The van der Waals surface area contributed by atoms with Gasteiger partial charge in [-0.15, -0.1) is 11.3 Å². The molecule has 0 bridgehead atoms. The predicted octanol–water partition coefficient (Wildman–Crippen LogP) is 3.87. The van der Waals surface area contributed by atoms with Gasteiger partial charge in [-0.05, 0) is 45.8 Å². The van der Waals surface area contributed by atoms with Gasteiger partial charge in [0.1, 0.15) is 5.01 Å². The van der Waals surface area contributed by atoms with Crippen LogP contribution in [0.1, 0.15) is 30.6 Å². The molecule has 0 spiro atoms. The zero-order valence-corrected chi connectivity index (χ0v) is 14.6. The molecule has 2 aliphatic heterocycles. The Morgan fingerprint density at radius 3 is 2.65 bits per heavy atom. The van der Waals surface area contributed by atoms with Gasteiger partial charge in [0.05, 0.1) is 0 Å². The van der Waals surface area contributed by atoms with E-state index in [0.717, 1.165) is 23.6 Å². The lowest BCUT2D eigenvalue weighted by Gasteiger charge is -2.32. The average Bonchev–Trinajstić information content (AvgIpc) is 3.30. The summed E-state index contributed by atoms with van der Waals surface area (Å²) >= 11 is 1.85. The summed E-state index contributed by atoms with van der Waals surface area (Å²) in [6, 6.07) is 12.0. The summed E-state index contributed by atoms with van der Waals surface area (Å²) in [6.07, 6.45) is 7.53. The van der Waals surface area contributed by atoms with Gasteiger partial charge in [-0.1, -0.05) is 30.3 Å². The lowest BCUT2D eigenvalue weighted by molar-refractivity contribution is 0.148. The third kappa shape index (κ3) is 3.21. The van der Waals surface area contributed by atoms with E-state index in [9.17, 15) is 0 Å². The molecule has 2 saturated heterocycles. The van der Waals surface area contributed by atoms with Gasteiger partial charge < -0.3 is 4.90 Å². The number of aromatic nitrogens is 1. The molecule has 2 fully saturated rings. The van der Waals surface area contributed by atoms with Gasteiger partial charge in [-0.2, -0.15) is 0 Å². The van der Waals surface area contributed by atoms with Gasteiger partial charge in [-0.25, -0.2) is 4.98 Å². The number of nitrogens with zero attached hydrogens (tertiary/aromatic N) is 3. The molecule has 2 aromatic rings. The Labute approximate surface area is 143 Å². The van der Waals surface area contributed by atoms with Crippen LogP contribution in [0.2, 0.25) is 0 Å². The predicted molar refractivity (Wildman–Crippen MR) is 96.6 cm³/mol. The first kappa shape index (κ1) is 15.3. The van der Waals surface area contributed by atoms with Gasteiger partial charge >= 0.3 is 0 Å². The number of thiazole rings is 1. The molecule has 0 radical (unpaired) electrons. The Morgan fingerprint density at radius 1 is 1.09 bits per heavy atom.